The fraction of sp³-hybridized carbons (Fsp3) is 0.273. The van der Waals surface area contributed by atoms with Crippen LogP contribution in [0.1, 0.15) is 23.7 Å². The molecule has 3 N–H and O–H groups in total. The predicted octanol–water partition coefficient (Wildman–Crippen LogP) is 0.978. The van der Waals surface area contributed by atoms with Gasteiger partial charge in [-0.1, -0.05) is 6.92 Å². The van der Waals surface area contributed by atoms with Crippen LogP contribution >= 0.6 is 0 Å². The average molecular weight is 206 g/mol. The first-order chi connectivity index (χ1) is 7.13. The van der Waals surface area contributed by atoms with Gasteiger partial charge in [0.15, 0.2) is 5.78 Å². The first-order valence-corrected chi connectivity index (χ1v) is 4.79. The number of carbonyl (C=O) groups is 2. The Labute approximate surface area is 88.5 Å². The van der Waals surface area contributed by atoms with Crippen LogP contribution < -0.4 is 11.1 Å². The molecular formula is C11H14N2O2. The molecular weight excluding hydrogens is 192 g/mol. The third kappa shape index (κ3) is 3.42. The van der Waals surface area contributed by atoms with Crippen LogP contribution in [0.25, 0.3) is 0 Å². The molecule has 1 aromatic rings. The minimum atomic E-state index is -0.253. The van der Waals surface area contributed by atoms with Crippen LogP contribution in [0.4, 0.5) is 5.69 Å². The van der Waals surface area contributed by atoms with Gasteiger partial charge < -0.3 is 11.1 Å². The second-order valence-corrected chi connectivity index (χ2v) is 3.20. The van der Waals surface area contributed by atoms with Gasteiger partial charge in [-0.2, -0.15) is 0 Å². The highest BCUT2D eigenvalue weighted by atomic mass is 16.2. The number of nitrogens with two attached hydrogens (primary N) is 1. The number of ketones is 1. The van der Waals surface area contributed by atoms with Crippen LogP contribution in [-0.2, 0) is 4.79 Å². The highest BCUT2D eigenvalue weighted by Gasteiger charge is 2.05. The Kier molecular flexibility index (Phi) is 3.85. The van der Waals surface area contributed by atoms with Crippen molar-refractivity contribution >= 4 is 17.4 Å². The number of hydrogen-bond acceptors (Lipinski definition) is 3. The highest BCUT2D eigenvalue weighted by molar-refractivity contribution is 5.96. The van der Waals surface area contributed by atoms with E-state index in [2.05, 4.69) is 5.32 Å². The lowest BCUT2D eigenvalue weighted by Gasteiger charge is -2.03. The van der Waals surface area contributed by atoms with Crippen molar-refractivity contribution in [2.24, 2.45) is 0 Å². The van der Waals surface area contributed by atoms with Crippen molar-refractivity contribution < 1.29 is 9.59 Å². The van der Waals surface area contributed by atoms with Gasteiger partial charge in [-0.3, -0.25) is 9.59 Å². The van der Waals surface area contributed by atoms with Gasteiger partial charge in [0, 0.05) is 17.7 Å². The lowest BCUT2D eigenvalue weighted by Crippen LogP contribution is -2.29. The third-order valence-electron chi connectivity index (χ3n) is 2.01. The van der Waals surface area contributed by atoms with Gasteiger partial charge in [0.2, 0.25) is 0 Å². The minimum absolute atomic E-state index is 0.0128. The number of rotatable bonds is 4. The molecule has 0 bridgehead atoms. The predicted molar refractivity (Wildman–Crippen MR) is 58.5 cm³/mol. The fourth-order valence-corrected chi connectivity index (χ4v) is 1.04. The smallest absolute Gasteiger partial charge is 0.251 e. The molecule has 0 saturated carbocycles. The Morgan fingerprint density at radius 2 is 1.87 bits per heavy atom. The van der Waals surface area contributed by atoms with Gasteiger partial charge in [0.1, 0.15) is 0 Å². The summed E-state index contributed by atoms with van der Waals surface area (Å²) in [6.45, 7) is 1.84. The fourth-order valence-electron chi connectivity index (χ4n) is 1.04. The summed E-state index contributed by atoms with van der Waals surface area (Å²) in [6, 6.07) is 6.55. The van der Waals surface area contributed by atoms with Crippen molar-refractivity contribution in [2.75, 3.05) is 12.3 Å². The van der Waals surface area contributed by atoms with Gasteiger partial charge >= 0.3 is 0 Å². The van der Waals surface area contributed by atoms with E-state index in [1.165, 1.54) is 0 Å². The van der Waals surface area contributed by atoms with E-state index < -0.39 is 0 Å². The van der Waals surface area contributed by atoms with Gasteiger partial charge in [0.05, 0.1) is 6.54 Å². The molecule has 0 heterocycles. The maximum absolute atomic E-state index is 11.5. The lowest BCUT2D eigenvalue weighted by atomic mass is 10.2. The summed E-state index contributed by atoms with van der Waals surface area (Å²) in [6.07, 6.45) is 0.433. The standard InChI is InChI=1S/C11H14N2O2/c1-2-10(14)7-13-11(15)8-3-5-9(12)6-4-8/h3-6H,2,7,12H2,1H3,(H,13,15). The summed E-state index contributed by atoms with van der Waals surface area (Å²) in [5, 5.41) is 2.54. The second kappa shape index (κ2) is 5.14. The second-order valence-electron chi connectivity index (χ2n) is 3.20. The van der Waals surface area contributed by atoms with Crippen molar-refractivity contribution in [2.45, 2.75) is 13.3 Å². The summed E-state index contributed by atoms with van der Waals surface area (Å²) in [5.41, 5.74) is 6.60. The van der Waals surface area contributed by atoms with E-state index in [9.17, 15) is 9.59 Å². The Morgan fingerprint density at radius 1 is 1.27 bits per heavy atom. The molecule has 0 aliphatic carbocycles. The van der Waals surface area contributed by atoms with Crippen LogP contribution in [-0.4, -0.2) is 18.2 Å². The number of amides is 1. The average Bonchev–Trinajstić information content (AvgIpc) is 2.26. The normalized spacial score (nSPS) is 9.67. The Morgan fingerprint density at radius 3 is 2.40 bits per heavy atom. The first kappa shape index (κ1) is 11.2. The van der Waals surface area contributed by atoms with Crippen molar-refractivity contribution in [1.29, 1.82) is 0 Å². The van der Waals surface area contributed by atoms with E-state index in [4.69, 9.17) is 5.73 Å². The monoisotopic (exact) mass is 206 g/mol. The number of Topliss-reactive ketones (excluding diaryl/α,β-unsaturated/α-hetero) is 1. The Hall–Kier alpha value is -1.84. The van der Waals surface area contributed by atoms with E-state index >= 15 is 0 Å². The van der Waals surface area contributed by atoms with E-state index in [1.54, 1.807) is 31.2 Å². The van der Waals surface area contributed by atoms with Gasteiger partial charge in [-0.25, -0.2) is 0 Å². The van der Waals surface area contributed by atoms with Gasteiger partial charge in [0.25, 0.3) is 5.91 Å². The molecule has 0 aromatic heterocycles. The number of benzene rings is 1. The van der Waals surface area contributed by atoms with Crippen molar-refractivity contribution in [3.63, 3.8) is 0 Å². The minimum Gasteiger partial charge on any atom is -0.399 e. The number of nitrogen functional groups attached to an aromatic ring is 1. The molecule has 0 unspecified atom stereocenters. The van der Waals surface area contributed by atoms with Crippen LogP contribution in [0, 0.1) is 0 Å². The topological polar surface area (TPSA) is 72.2 Å². The molecule has 1 rings (SSSR count). The zero-order valence-electron chi connectivity index (χ0n) is 8.62. The third-order valence-corrected chi connectivity index (χ3v) is 2.01. The van der Waals surface area contributed by atoms with Crippen LogP contribution in [0.15, 0.2) is 24.3 Å². The Balaban J connectivity index is 2.54. The number of nitrogens with one attached hydrogen (secondary N) is 1. The lowest BCUT2D eigenvalue weighted by molar-refractivity contribution is -0.117. The number of hydrogen-bond donors (Lipinski definition) is 2. The molecule has 0 saturated heterocycles. The molecule has 0 aliphatic heterocycles. The SMILES string of the molecule is CCC(=O)CNC(=O)c1ccc(N)cc1. The Bertz CT molecular complexity index is 357. The molecule has 0 atom stereocenters. The summed E-state index contributed by atoms with van der Waals surface area (Å²) in [7, 11) is 0. The molecule has 0 aliphatic rings. The molecule has 0 radical (unpaired) electrons. The molecule has 0 fully saturated rings. The largest absolute Gasteiger partial charge is 0.399 e. The molecule has 15 heavy (non-hydrogen) atoms. The zero-order chi connectivity index (χ0) is 11.3. The van der Waals surface area contributed by atoms with E-state index in [1.807, 2.05) is 0 Å². The van der Waals surface area contributed by atoms with E-state index in [0.717, 1.165) is 0 Å². The molecule has 80 valence electrons. The quantitative estimate of drug-likeness (QED) is 0.721. The van der Waals surface area contributed by atoms with Gasteiger partial charge in [-0.05, 0) is 24.3 Å². The van der Waals surface area contributed by atoms with Crippen LogP contribution in [0.5, 0.6) is 0 Å². The summed E-state index contributed by atoms with van der Waals surface area (Å²) in [4.78, 5) is 22.4. The van der Waals surface area contributed by atoms with E-state index in [0.29, 0.717) is 17.7 Å². The molecule has 1 aromatic carbocycles. The molecule has 4 nitrogen and oxygen atoms in total. The molecule has 0 spiro atoms. The molecule has 1 amide bonds. The maximum Gasteiger partial charge on any atom is 0.251 e. The maximum atomic E-state index is 11.5. The van der Waals surface area contributed by atoms with E-state index in [-0.39, 0.29) is 18.2 Å². The van der Waals surface area contributed by atoms with Crippen LogP contribution in [0.3, 0.4) is 0 Å². The van der Waals surface area contributed by atoms with Gasteiger partial charge in [-0.15, -0.1) is 0 Å². The summed E-state index contributed by atoms with van der Waals surface area (Å²) < 4.78 is 0. The van der Waals surface area contributed by atoms with Crippen molar-refractivity contribution in [1.82, 2.24) is 5.32 Å². The number of carbonyl (C=O) groups excluding carboxylic acids is 2. The van der Waals surface area contributed by atoms with Crippen molar-refractivity contribution in [3.8, 4) is 0 Å². The molecule has 4 heteroatoms. The van der Waals surface area contributed by atoms with Crippen molar-refractivity contribution in [3.05, 3.63) is 29.8 Å². The zero-order valence-corrected chi connectivity index (χ0v) is 8.62. The van der Waals surface area contributed by atoms with Crippen LogP contribution in [0.2, 0.25) is 0 Å². The summed E-state index contributed by atoms with van der Waals surface area (Å²) in [5.74, 6) is -0.240. The number of anilines is 1. The summed E-state index contributed by atoms with van der Waals surface area (Å²) >= 11 is 0. The highest BCUT2D eigenvalue weighted by Crippen LogP contribution is 2.04. The first-order valence-electron chi connectivity index (χ1n) is 4.79.